The lowest BCUT2D eigenvalue weighted by molar-refractivity contribution is 0.866. The molecule has 0 aliphatic carbocycles. The summed E-state index contributed by atoms with van der Waals surface area (Å²) in [5, 5.41) is 0. The zero-order chi connectivity index (χ0) is 14.5. The van der Waals surface area contributed by atoms with Gasteiger partial charge in [0.05, 0.1) is 5.75 Å². The van der Waals surface area contributed by atoms with E-state index in [1.165, 1.54) is 11.1 Å². The molecule has 0 amide bonds. The molecule has 5 nitrogen and oxygen atoms in total. The molecular formula is C14H19N5S. The SMILES string of the molecule is CC(C)c1ccc(CSCc2nc(N)nc(N)n2)cc1. The van der Waals surface area contributed by atoms with E-state index >= 15 is 0 Å². The molecule has 0 saturated carbocycles. The summed E-state index contributed by atoms with van der Waals surface area (Å²) in [6, 6.07) is 8.69. The first-order chi connectivity index (χ1) is 9.54. The van der Waals surface area contributed by atoms with Gasteiger partial charge in [0.1, 0.15) is 5.82 Å². The number of nitrogens with two attached hydrogens (primary N) is 2. The van der Waals surface area contributed by atoms with Crippen molar-refractivity contribution in [3.05, 3.63) is 41.2 Å². The van der Waals surface area contributed by atoms with Crippen LogP contribution in [0.25, 0.3) is 0 Å². The van der Waals surface area contributed by atoms with Gasteiger partial charge in [-0.25, -0.2) is 0 Å². The van der Waals surface area contributed by atoms with E-state index in [1.807, 2.05) is 0 Å². The summed E-state index contributed by atoms with van der Waals surface area (Å²) in [4.78, 5) is 11.9. The van der Waals surface area contributed by atoms with E-state index in [9.17, 15) is 0 Å². The number of thioether (sulfide) groups is 1. The maximum Gasteiger partial charge on any atom is 0.225 e. The van der Waals surface area contributed by atoms with Crippen LogP contribution in [0.5, 0.6) is 0 Å². The lowest BCUT2D eigenvalue weighted by Crippen LogP contribution is -2.06. The van der Waals surface area contributed by atoms with Crippen LogP contribution < -0.4 is 11.5 Å². The standard InChI is InChI=1S/C14H19N5S/c1-9(2)11-5-3-10(4-6-11)7-20-8-12-17-13(15)19-14(16)18-12/h3-6,9H,7-8H2,1-2H3,(H4,15,16,17,18,19). The third-order valence-electron chi connectivity index (χ3n) is 2.86. The molecule has 0 aliphatic heterocycles. The first-order valence-corrected chi connectivity index (χ1v) is 7.62. The van der Waals surface area contributed by atoms with E-state index in [2.05, 4.69) is 53.1 Å². The molecule has 0 fully saturated rings. The van der Waals surface area contributed by atoms with Gasteiger partial charge in [-0.05, 0) is 17.0 Å². The number of hydrogen-bond donors (Lipinski definition) is 2. The Bertz CT molecular complexity index is 548. The van der Waals surface area contributed by atoms with Crippen molar-refractivity contribution in [2.24, 2.45) is 0 Å². The second-order valence-electron chi connectivity index (χ2n) is 4.86. The number of rotatable bonds is 5. The highest BCUT2D eigenvalue weighted by molar-refractivity contribution is 7.97. The van der Waals surface area contributed by atoms with Crippen LogP contribution in [0.3, 0.4) is 0 Å². The third-order valence-corrected chi connectivity index (χ3v) is 3.86. The molecule has 2 rings (SSSR count). The summed E-state index contributed by atoms with van der Waals surface area (Å²) in [5.74, 6) is 3.11. The molecule has 0 bridgehead atoms. The molecule has 0 saturated heterocycles. The van der Waals surface area contributed by atoms with Gasteiger partial charge in [0.25, 0.3) is 0 Å². The minimum Gasteiger partial charge on any atom is -0.368 e. The van der Waals surface area contributed by atoms with Crippen molar-refractivity contribution in [1.29, 1.82) is 0 Å². The molecule has 0 spiro atoms. The Morgan fingerprint density at radius 2 is 1.55 bits per heavy atom. The van der Waals surface area contributed by atoms with Gasteiger partial charge in [0, 0.05) is 5.75 Å². The summed E-state index contributed by atoms with van der Waals surface area (Å²) < 4.78 is 0. The summed E-state index contributed by atoms with van der Waals surface area (Å²) in [5.41, 5.74) is 13.7. The van der Waals surface area contributed by atoms with Crippen molar-refractivity contribution >= 4 is 23.7 Å². The maximum absolute atomic E-state index is 5.54. The van der Waals surface area contributed by atoms with E-state index in [-0.39, 0.29) is 11.9 Å². The Labute approximate surface area is 123 Å². The van der Waals surface area contributed by atoms with Crippen molar-refractivity contribution in [2.75, 3.05) is 11.5 Å². The number of hydrogen-bond acceptors (Lipinski definition) is 6. The van der Waals surface area contributed by atoms with Crippen LogP contribution in [0.2, 0.25) is 0 Å². The van der Waals surface area contributed by atoms with Crippen LogP contribution in [0, 0.1) is 0 Å². The molecule has 0 aliphatic rings. The largest absolute Gasteiger partial charge is 0.368 e. The van der Waals surface area contributed by atoms with E-state index in [1.54, 1.807) is 11.8 Å². The third kappa shape index (κ3) is 4.09. The molecule has 1 aromatic carbocycles. The van der Waals surface area contributed by atoms with Gasteiger partial charge in [-0.15, -0.1) is 11.8 Å². The second kappa shape index (κ2) is 6.56. The van der Waals surface area contributed by atoms with Crippen molar-refractivity contribution in [1.82, 2.24) is 15.0 Å². The van der Waals surface area contributed by atoms with Gasteiger partial charge in [0.2, 0.25) is 11.9 Å². The monoisotopic (exact) mass is 289 g/mol. The number of benzene rings is 1. The topological polar surface area (TPSA) is 90.7 Å². The molecule has 2 aromatic rings. The van der Waals surface area contributed by atoms with E-state index in [0.717, 1.165) is 5.75 Å². The lowest BCUT2D eigenvalue weighted by atomic mass is 10.0. The first-order valence-electron chi connectivity index (χ1n) is 6.47. The molecule has 6 heteroatoms. The molecule has 1 heterocycles. The molecule has 1 aromatic heterocycles. The zero-order valence-corrected chi connectivity index (χ0v) is 12.5. The Kier molecular flexibility index (Phi) is 4.79. The fourth-order valence-electron chi connectivity index (χ4n) is 1.78. The minimum atomic E-state index is 0.175. The van der Waals surface area contributed by atoms with Crippen LogP contribution in [0.15, 0.2) is 24.3 Å². The van der Waals surface area contributed by atoms with Crippen LogP contribution >= 0.6 is 11.8 Å². The fraction of sp³-hybridized carbons (Fsp3) is 0.357. The average Bonchev–Trinajstić information content (AvgIpc) is 2.38. The van der Waals surface area contributed by atoms with Gasteiger partial charge >= 0.3 is 0 Å². The van der Waals surface area contributed by atoms with Crippen LogP contribution in [-0.2, 0) is 11.5 Å². The van der Waals surface area contributed by atoms with Crippen molar-refractivity contribution < 1.29 is 0 Å². The quantitative estimate of drug-likeness (QED) is 0.879. The second-order valence-corrected chi connectivity index (χ2v) is 5.84. The van der Waals surface area contributed by atoms with Crippen LogP contribution in [0.1, 0.15) is 36.7 Å². The Hall–Kier alpha value is -1.82. The summed E-state index contributed by atoms with van der Waals surface area (Å²) in [6.45, 7) is 4.39. The van der Waals surface area contributed by atoms with Gasteiger partial charge in [-0.1, -0.05) is 38.1 Å². The smallest absolute Gasteiger partial charge is 0.225 e. The van der Waals surface area contributed by atoms with E-state index < -0.39 is 0 Å². The van der Waals surface area contributed by atoms with Gasteiger partial charge in [0.15, 0.2) is 0 Å². The molecule has 20 heavy (non-hydrogen) atoms. The minimum absolute atomic E-state index is 0.175. The first kappa shape index (κ1) is 14.6. The van der Waals surface area contributed by atoms with Gasteiger partial charge in [-0.2, -0.15) is 15.0 Å². The molecule has 0 atom stereocenters. The normalized spacial score (nSPS) is 10.9. The Morgan fingerprint density at radius 1 is 0.950 bits per heavy atom. The average molecular weight is 289 g/mol. The van der Waals surface area contributed by atoms with Crippen LogP contribution in [0.4, 0.5) is 11.9 Å². The summed E-state index contributed by atoms with van der Waals surface area (Å²) in [6.07, 6.45) is 0. The number of nitrogens with zero attached hydrogens (tertiary/aromatic N) is 3. The molecule has 106 valence electrons. The Balaban J connectivity index is 1.89. The molecule has 0 radical (unpaired) electrons. The number of aromatic nitrogens is 3. The maximum atomic E-state index is 5.54. The van der Waals surface area contributed by atoms with E-state index in [4.69, 9.17) is 11.5 Å². The van der Waals surface area contributed by atoms with Crippen molar-refractivity contribution in [2.45, 2.75) is 31.3 Å². The lowest BCUT2D eigenvalue weighted by Gasteiger charge is -2.07. The van der Waals surface area contributed by atoms with Gasteiger partial charge in [-0.3, -0.25) is 0 Å². The molecular weight excluding hydrogens is 270 g/mol. The highest BCUT2D eigenvalue weighted by atomic mass is 32.2. The Morgan fingerprint density at radius 3 is 2.10 bits per heavy atom. The van der Waals surface area contributed by atoms with Crippen molar-refractivity contribution in [3.63, 3.8) is 0 Å². The van der Waals surface area contributed by atoms with Crippen LogP contribution in [-0.4, -0.2) is 15.0 Å². The zero-order valence-electron chi connectivity index (χ0n) is 11.7. The van der Waals surface area contributed by atoms with E-state index in [0.29, 0.717) is 17.5 Å². The highest BCUT2D eigenvalue weighted by Crippen LogP contribution is 2.19. The predicted molar refractivity (Wildman–Crippen MR) is 84.2 cm³/mol. The summed E-state index contributed by atoms with van der Waals surface area (Å²) in [7, 11) is 0. The predicted octanol–water partition coefficient (Wildman–Crippen LogP) is 2.59. The highest BCUT2D eigenvalue weighted by Gasteiger charge is 2.03. The molecule has 0 unspecified atom stereocenters. The summed E-state index contributed by atoms with van der Waals surface area (Å²) >= 11 is 1.73. The number of nitrogen functional groups attached to an aromatic ring is 2. The van der Waals surface area contributed by atoms with Crippen molar-refractivity contribution in [3.8, 4) is 0 Å². The number of anilines is 2. The van der Waals surface area contributed by atoms with Gasteiger partial charge < -0.3 is 11.5 Å². The molecule has 4 N–H and O–H groups in total. The fourth-order valence-corrected chi connectivity index (χ4v) is 2.62.